The third-order valence-electron chi connectivity index (χ3n) is 2.97. The molecule has 0 rings (SSSR count). The molecule has 4 amide bonds. The second-order valence-corrected chi connectivity index (χ2v) is 7.92. The minimum absolute atomic E-state index is 0.00178. The van der Waals surface area contributed by atoms with E-state index >= 15 is 0 Å². The van der Waals surface area contributed by atoms with Crippen LogP contribution >= 0.6 is 21.6 Å². The maximum Gasteiger partial charge on any atom is 0.326 e. The molecule has 0 aromatic carbocycles. The molecule has 0 bridgehead atoms. The molecule has 30 heavy (non-hydrogen) atoms. The summed E-state index contributed by atoms with van der Waals surface area (Å²) >= 11 is 0. The SMILES string of the molecule is [3H]CCC(=O)N/N=C/C(=O)NCCSSCC(=O)NC(CCC(=O)N/N=C/C)C(=O)O. The van der Waals surface area contributed by atoms with Crippen molar-refractivity contribution in [1.82, 2.24) is 21.5 Å². The molecular formula is C16H26N6O6S2. The lowest BCUT2D eigenvalue weighted by molar-refractivity contribution is -0.141. The summed E-state index contributed by atoms with van der Waals surface area (Å²) < 4.78 is 6.87. The Kier molecular flexibility index (Phi) is 14.6. The van der Waals surface area contributed by atoms with Crippen molar-refractivity contribution in [3.63, 3.8) is 0 Å². The van der Waals surface area contributed by atoms with Crippen LogP contribution in [0.1, 0.15) is 34.5 Å². The van der Waals surface area contributed by atoms with Crippen molar-refractivity contribution in [2.24, 2.45) is 10.2 Å². The van der Waals surface area contributed by atoms with Crippen molar-refractivity contribution < 1.29 is 30.4 Å². The molecule has 12 nitrogen and oxygen atoms in total. The first-order chi connectivity index (χ1) is 14.8. The molecule has 0 heterocycles. The lowest BCUT2D eigenvalue weighted by atomic mass is 10.1. The number of hydrogen-bond acceptors (Lipinski definition) is 9. The molecule has 14 heteroatoms. The Hall–Kier alpha value is -2.61. The molecule has 168 valence electrons. The van der Waals surface area contributed by atoms with Gasteiger partial charge in [-0.05, 0) is 13.3 Å². The molecule has 0 aromatic rings. The van der Waals surface area contributed by atoms with E-state index in [0.717, 1.165) is 6.21 Å². The zero-order chi connectivity index (χ0) is 23.5. The van der Waals surface area contributed by atoms with Crippen molar-refractivity contribution in [2.45, 2.75) is 39.1 Å². The molecular weight excluding hydrogens is 436 g/mol. The highest BCUT2D eigenvalue weighted by molar-refractivity contribution is 8.76. The zero-order valence-electron chi connectivity index (χ0n) is 17.4. The van der Waals surface area contributed by atoms with E-state index in [1.807, 2.05) is 0 Å². The molecule has 0 aliphatic heterocycles. The largest absolute Gasteiger partial charge is 0.480 e. The average molecular weight is 465 g/mol. The fourth-order valence-electron chi connectivity index (χ4n) is 1.60. The minimum Gasteiger partial charge on any atom is -0.480 e. The summed E-state index contributed by atoms with van der Waals surface area (Å²) in [6.07, 6.45) is 2.12. The third-order valence-corrected chi connectivity index (χ3v) is 5.24. The molecule has 5 N–H and O–H groups in total. The normalized spacial score (nSPS) is 12.2. The van der Waals surface area contributed by atoms with Gasteiger partial charge in [0.25, 0.3) is 5.91 Å². The molecule has 0 radical (unpaired) electrons. The van der Waals surface area contributed by atoms with Gasteiger partial charge in [-0.1, -0.05) is 28.5 Å². The van der Waals surface area contributed by atoms with Crippen LogP contribution in [0.2, 0.25) is 0 Å². The van der Waals surface area contributed by atoms with Crippen molar-refractivity contribution in [3.05, 3.63) is 0 Å². The van der Waals surface area contributed by atoms with Crippen LogP contribution in [0.5, 0.6) is 0 Å². The van der Waals surface area contributed by atoms with Gasteiger partial charge in [-0.2, -0.15) is 10.2 Å². The fourth-order valence-corrected chi connectivity index (χ4v) is 3.35. The minimum atomic E-state index is -1.24. The van der Waals surface area contributed by atoms with Gasteiger partial charge < -0.3 is 15.7 Å². The van der Waals surface area contributed by atoms with Crippen LogP contribution in [-0.2, 0) is 24.0 Å². The van der Waals surface area contributed by atoms with E-state index in [9.17, 15) is 24.0 Å². The highest BCUT2D eigenvalue weighted by Crippen LogP contribution is 2.19. The Morgan fingerprint density at radius 1 is 1.10 bits per heavy atom. The van der Waals surface area contributed by atoms with Crippen molar-refractivity contribution in [1.29, 1.82) is 0 Å². The van der Waals surface area contributed by atoms with Gasteiger partial charge >= 0.3 is 5.97 Å². The number of nitrogens with zero attached hydrogens (tertiary/aromatic N) is 2. The van der Waals surface area contributed by atoms with Gasteiger partial charge in [0.1, 0.15) is 12.3 Å². The molecule has 0 saturated carbocycles. The molecule has 0 spiro atoms. The summed E-state index contributed by atoms with van der Waals surface area (Å²) in [5.41, 5.74) is 4.33. The van der Waals surface area contributed by atoms with Gasteiger partial charge in [0.05, 0.1) is 5.75 Å². The highest BCUT2D eigenvalue weighted by atomic mass is 33.1. The predicted molar refractivity (Wildman–Crippen MR) is 116 cm³/mol. The summed E-state index contributed by atoms with van der Waals surface area (Å²) in [7, 11) is 2.48. The highest BCUT2D eigenvalue weighted by Gasteiger charge is 2.20. The topological polar surface area (TPSA) is 178 Å². The van der Waals surface area contributed by atoms with Crippen LogP contribution in [-0.4, -0.2) is 71.2 Å². The van der Waals surface area contributed by atoms with Gasteiger partial charge in [-0.15, -0.1) is 0 Å². The molecule has 0 aliphatic rings. The molecule has 1 unspecified atom stereocenters. The predicted octanol–water partition coefficient (Wildman–Crippen LogP) is -0.532. The van der Waals surface area contributed by atoms with Gasteiger partial charge in [-0.25, -0.2) is 15.6 Å². The van der Waals surface area contributed by atoms with E-state index in [0.29, 0.717) is 5.75 Å². The van der Waals surface area contributed by atoms with E-state index in [1.54, 1.807) is 6.92 Å². The van der Waals surface area contributed by atoms with Crippen molar-refractivity contribution >= 4 is 63.6 Å². The first kappa shape index (κ1) is 25.4. The lowest BCUT2D eigenvalue weighted by Gasteiger charge is -2.13. The van der Waals surface area contributed by atoms with Crippen LogP contribution in [0.3, 0.4) is 0 Å². The van der Waals surface area contributed by atoms with Crippen LogP contribution in [0.15, 0.2) is 10.2 Å². The smallest absolute Gasteiger partial charge is 0.326 e. The zero-order valence-corrected chi connectivity index (χ0v) is 18.0. The lowest BCUT2D eigenvalue weighted by Crippen LogP contribution is -2.42. The molecule has 0 saturated heterocycles. The van der Waals surface area contributed by atoms with Crippen LogP contribution in [0, 0.1) is 0 Å². The van der Waals surface area contributed by atoms with Gasteiger partial charge in [0.2, 0.25) is 17.7 Å². The number of nitrogens with one attached hydrogen (secondary N) is 4. The molecule has 0 aromatic heterocycles. The number of aliphatic carboxylic acids is 1. The number of hydrogen-bond donors (Lipinski definition) is 5. The number of carbonyl (C=O) groups excluding carboxylic acids is 4. The van der Waals surface area contributed by atoms with Crippen molar-refractivity contribution in [3.8, 4) is 0 Å². The summed E-state index contributed by atoms with van der Waals surface area (Å²) in [5.74, 6) is -2.67. The Morgan fingerprint density at radius 3 is 2.50 bits per heavy atom. The second-order valence-electron chi connectivity index (χ2n) is 5.34. The first-order valence-corrected chi connectivity index (χ1v) is 11.2. The summed E-state index contributed by atoms with van der Waals surface area (Å²) in [4.78, 5) is 57.0. The van der Waals surface area contributed by atoms with Crippen molar-refractivity contribution in [2.75, 3.05) is 18.1 Å². The van der Waals surface area contributed by atoms with Gasteiger partial charge in [0, 0.05) is 32.7 Å². The van der Waals surface area contributed by atoms with Gasteiger partial charge in [-0.3, -0.25) is 19.2 Å². The standard InChI is InChI=1S/C16H26N6O6S2/c1-3-12(23)21-19-9-14(25)17-7-8-29-30-10-15(26)20-11(16(27)28)5-6-13(24)22-18-4-2/h4,9,11H,3,5-8,10H2,1-2H3,(H,17,25)(H,20,26)(H,21,23)(H,22,24)(H,27,28)/b18-4+,19-9+/i1T. The van der Waals surface area contributed by atoms with E-state index in [4.69, 9.17) is 6.48 Å². The molecule has 0 fully saturated rings. The van der Waals surface area contributed by atoms with E-state index in [1.165, 1.54) is 27.8 Å². The first-order valence-electron chi connectivity index (χ1n) is 9.42. The Labute approximate surface area is 183 Å². The molecule has 1 atom stereocenters. The Balaban J connectivity index is 3.97. The maximum atomic E-state index is 11.9. The number of hydrazone groups is 2. The second kappa shape index (κ2) is 17.3. The van der Waals surface area contributed by atoms with Crippen LogP contribution in [0.4, 0.5) is 0 Å². The van der Waals surface area contributed by atoms with Gasteiger partial charge in [0.15, 0.2) is 0 Å². The van der Waals surface area contributed by atoms with E-state index < -0.39 is 35.6 Å². The third kappa shape index (κ3) is 15.3. The summed E-state index contributed by atoms with van der Waals surface area (Å²) in [6.45, 7) is 1.84. The Bertz CT molecular complexity index is 679. The van der Waals surface area contributed by atoms with Crippen LogP contribution in [0.25, 0.3) is 0 Å². The monoisotopic (exact) mass is 464 g/mol. The average Bonchev–Trinajstić information content (AvgIpc) is 2.71. The quantitative estimate of drug-likeness (QED) is 0.0928. The van der Waals surface area contributed by atoms with E-state index in [-0.39, 0.29) is 38.5 Å². The Morgan fingerprint density at radius 2 is 1.83 bits per heavy atom. The summed E-state index contributed by atoms with van der Waals surface area (Å²) in [5, 5.41) is 21.0. The maximum absolute atomic E-state index is 11.9. The summed E-state index contributed by atoms with van der Waals surface area (Å²) in [6, 6.07) is -1.19. The molecule has 0 aliphatic carbocycles. The van der Waals surface area contributed by atoms with E-state index in [2.05, 4.69) is 31.7 Å². The van der Waals surface area contributed by atoms with Crippen LogP contribution < -0.4 is 21.5 Å². The fraction of sp³-hybridized carbons (Fsp3) is 0.562. The number of amides is 4. The number of rotatable bonds is 15. The number of carbonyl (C=O) groups is 5. The number of carboxylic acid groups (broad SMARTS) is 1. The number of carboxylic acids is 1.